The summed E-state index contributed by atoms with van der Waals surface area (Å²) < 4.78 is 7.05. The number of halogens is 1. The van der Waals surface area contributed by atoms with Crippen LogP contribution in [0.5, 0.6) is 5.75 Å². The fraction of sp³-hybridized carbons (Fsp3) is 0.600. The van der Waals surface area contributed by atoms with Crippen LogP contribution in [0.15, 0.2) is 22.7 Å². The van der Waals surface area contributed by atoms with Crippen LogP contribution < -0.4 is 10.1 Å². The molecule has 1 atom stereocenters. The molecule has 3 rings (SSSR count). The summed E-state index contributed by atoms with van der Waals surface area (Å²) in [5.41, 5.74) is 1.38. The van der Waals surface area contributed by atoms with Gasteiger partial charge in [-0.3, -0.25) is 0 Å². The highest BCUT2D eigenvalue weighted by Crippen LogP contribution is 2.34. The second-order valence-corrected chi connectivity index (χ2v) is 6.22. The van der Waals surface area contributed by atoms with Gasteiger partial charge < -0.3 is 10.1 Å². The van der Waals surface area contributed by atoms with Gasteiger partial charge in [0.25, 0.3) is 0 Å². The van der Waals surface area contributed by atoms with E-state index in [1.807, 2.05) is 0 Å². The molecule has 1 saturated carbocycles. The molecule has 0 aromatic heterocycles. The second kappa shape index (κ2) is 5.62. The molecule has 98 valence electrons. The molecule has 1 unspecified atom stereocenters. The zero-order valence-corrected chi connectivity index (χ0v) is 12.2. The fourth-order valence-electron chi connectivity index (χ4n) is 2.63. The van der Waals surface area contributed by atoms with Gasteiger partial charge in [-0.1, -0.05) is 12.5 Å². The van der Waals surface area contributed by atoms with Crippen molar-refractivity contribution in [3.63, 3.8) is 0 Å². The van der Waals surface area contributed by atoms with E-state index in [1.54, 1.807) is 0 Å². The van der Waals surface area contributed by atoms with Crippen LogP contribution in [0.4, 0.5) is 0 Å². The van der Waals surface area contributed by atoms with Crippen molar-refractivity contribution in [3.8, 4) is 5.75 Å². The SMILES string of the molecule is Brc1cc(C2CCCCN2)ccc1OC1CCC1. The quantitative estimate of drug-likeness (QED) is 0.903. The average Bonchev–Trinajstić information content (AvgIpc) is 2.36. The van der Waals surface area contributed by atoms with E-state index < -0.39 is 0 Å². The predicted octanol–water partition coefficient (Wildman–Crippen LogP) is 4.20. The summed E-state index contributed by atoms with van der Waals surface area (Å²) in [6.45, 7) is 1.14. The van der Waals surface area contributed by atoms with Crippen LogP contribution in [0.1, 0.15) is 50.1 Å². The van der Waals surface area contributed by atoms with Crippen molar-refractivity contribution < 1.29 is 4.74 Å². The Kier molecular flexibility index (Phi) is 3.90. The van der Waals surface area contributed by atoms with Crippen molar-refractivity contribution >= 4 is 15.9 Å². The van der Waals surface area contributed by atoms with Crippen molar-refractivity contribution in [2.45, 2.75) is 50.7 Å². The van der Waals surface area contributed by atoms with Gasteiger partial charge in [0.05, 0.1) is 10.6 Å². The molecule has 2 fully saturated rings. The Morgan fingerprint density at radius 2 is 2.00 bits per heavy atom. The number of hydrogen-bond donors (Lipinski definition) is 1. The average molecular weight is 310 g/mol. The highest BCUT2D eigenvalue weighted by molar-refractivity contribution is 9.10. The van der Waals surface area contributed by atoms with Crippen LogP contribution in [-0.2, 0) is 0 Å². The molecule has 1 aromatic rings. The summed E-state index contributed by atoms with van der Waals surface area (Å²) >= 11 is 3.64. The minimum absolute atomic E-state index is 0.444. The number of hydrogen-bond acceptors (Lipinski definition) is 2. The minimum Gasteiger partial charge on any atom is -0.489 e. The highest BCUT2D eigenvalue weighted by atomic mass is 79.9. The largest absolute Gasteiger partial charge is 0.489 e. The molecule has 1 aliphatic heterocycles. The van der Waals surface area contributed by atoms with E-state index in [1.165, 1.54) is 44.1 Å². The standard InChI is InChI=1S/C15H20BrNO/c16-13-10-11(14-6-1-2-9-17-14)7-8-15(13)18-12-4-3-5-12/h7-8,10,12,14,17H,1-6,9H2. The van der Waals surface area contributed by atoms with Gasteiger partial charge in [-0.15, -0.1) is 0 Å². The maximum Gasteiger partial charge on any atom is 0.133 e. The van der Waals surface area contributed by atoms with E-state index in [2.05, 4.69) is 39.4 Å². The number of ether oxygens (including phenoxy) is 1. The van der Waals surface area contributed by atoms with Crippen LogP contribution in [-0.4, -0.2) is 12.6 Å². The predicted molar refractivity (Wildman–Crippen MR) is 77.0 cm³/mol. The molecule has 1 heterocycles. The van der Waals surface area contributed by atoms with E-state index in [4.69, 9.17) is 4.74 Å². The van der Waals surface area contributed by atoms with E-state index in [0.717, 1.165) is 16.8 Å². The van der Waals surface area contributed by atoms with E-state index >= 15 is 0 Å². The molecule has 2 nitrogen and oxygen atoms in total. The van der Waals surface area contributed by atoms with Crippen LogP contribution in [0.2, 0.25) is 0 Å². The first kappa shape index (κ1) is 12.5. The van der Waals surface area contributed by atoms with Crippen LogP contribution in [0, 0.1) is 0 Å². The Labute approximate surface area is 117 Å². The van der Waals surface area contributed by atoms with Gasteiger partial charge >= 0.3 is 0 Å². The molecular weight excluding hydrogens is 290 g/mol. The summed E-state index contributed by atoms with van der Waals surface area (Å²) in [6, 6.07) is 7.07. The first-order chi connectivity index (χ1) is 8.83. The molecule has 3 heteroatoms. The Bertz CT molecular complexity index is 411. The maximum absolute atomic E-state index is 5.96. The fourth-order valence-corrected chi connectivity index (χ4v) is 3.12. The number of rotatable bonds is 3. The third kappa shape index (κ3) is 2.72. The Balaban J connectivity index is 1.70. The molecule has 0 radical (unpaired) electrons. The molecule has 18 heavy (non-hydrogen) atoms. The molecule has 1 saturated heterocycles. The van der Waals surface area contributed by atoms with Gasteiger partial charge in [0, 0.05) is 6.04 Å². The number of benzene rings is 1. The first-order valence-electron chi connectivity index (χ1n) is 7.02. The van der Waals surface area contributed by atoms with E-state index in [-0.39, 0.29) is 0 Å². The van der Waals surface area contributed by atoms with Crippen molar-refractivity contribution in [3.05, 3.63) is 28.2 Å². The zero-order chi connectivity index (χ0) is 12.4. The lowest BCUT2D eigenvalue weighted by Crippen LogP contribution is -2.27. The van der Waals surface area contributed by atoms with Gasteiger partial charge in [-0.2, -0.15) is 0 Å². The van der Waals surface area contributed by atoms with Gasteiger partial charge in [0.2, 0.25) is 0 Å². The molecule has 1 aliphatic carbocycles. The normalized spacial score (nSPS) is 24.6. The molecule has 0 spiro atoms. The van der Waals surface area contributed by atoms with Crippen LogP contribution in [0.25, 0.3) is 0 Å². The first-order valence-corrected chi connectivity index (χ1v) is 7.82. The van der Waals surface area contributed by atoms with Gasteiger partial charge in [0.15, 0.2) is 0 Å². The maximum atomic E-state index is 5.96. The molecule has 1 aromatic carbocycles. The van der Waals surface area contributed by atoms with E-state index in [9.17, 15) is 0 Å². The Morgan fingerprint density at radius 1 is 1.11 bits per heavy atom. The molecule has 2 aliphatic rings. The third-order valence-corrected chi connectivity index (χ3v) is 4.63. The van der Waals surface area contributed by atoms with Gasteiger partial charge in [0.1, 0.15) is 5.75 Å². The second-order valence-electron chi connectivity index (χ2n) is 5.36. The lowest BCUT2D eigenvalue weighted by Gasteiger charge is -2.28. The Morgan fingerprint density at radius 3 is 2.61 bits per heavy atom. The van der Waals surface area contributed by atoms with Crippen LogP contribution >= 0.6 is 15.9 Å². The molecule has 0 bridgehead atoms. The van der Waals surface area contributed by atoms with Gasteiger partial charge in [-0.05, 0) is 72.3 Å². The van der Waals surface area contributed by atoms with Crippen molar-refractivity contribution in [1.29, 1.82) is 0 Å². The number of piperidine rings is 1. The van der Waals surface area contributed by atoms with Crippen molar-refractivity contribution in [1.82, 2.24) is 5.32 Å². The summed E-state index contributed by atoms with van der Waals surface area (Å²) in [6.07, 6.45) is 8.05. The smallest absolute Gasteiger partial charge is 0.133 e. The van der Waals surface area contributed by atoms with Crippen molar-refractivity contribution in [2.24, 2.45) is 0 Å². The minimum atomic E-state index is 0.444. The number of nitrogens with one attached hydrogen (secondary N) is 1. The molecule has 1 N–H and O–H groups in total. The van der Waals surface area contributed by atoms with E-state index in [0.29, 0.717) is 12.1 Å². The van der Waals surface area contributed by atoms with Gasteiger partial charge in [-0.25, -0.2) is 0 Å². The summed E-state index contributed by atoms with van der Waals surface area (Å²) in [7, 11) is 0. The molecular formula is C15H20BrNO. The summed E-state index contributed by atoms with van der Waals surface area (Å²) in [5.74, 6) is 0.999. The highest BCUT2D eigenvalue weighted by Gasteiger charge is 2.21. The molecule has 0 amide bonds. The summed E-state index contributed by atoms with van der Waals surface area (Å²) in [4.78, 5) is 0. The topological polar surface area (TPSA) is 21.3 Å². The van der Waals surface area contributed by atoms with Crippen molar-refractivity contribution in [2.75, 3.05) is 6.54 Å². The lowest BCUT2D eigenvalue weighted by molar-refractivity contribution is 0.119. The van der Waals surface area contributed by atoms with Crippen LogP contribution in [0.3, 0.4) is 0 Å². The lowest BCUT2D eigenvalue weighted by atomic mass is 9.96. The monoisotopic (exact) mass is 309 g/mol. The summed E-state index contributed by atoms with van der Waals surface area (Å²) in [5, 5.41) is 3.58. The Hall–Kier alpha value is -0.540. The third-order valence-electron chi connectivity index (χ3n) is 4.01. The zero-order valence-electron chi connectivity index (χ0n) is 10.6.